The molecule has 0 spiro atoms. The number of rotatable bonds is 10. The molecule has 1 aromatic carbocycles. The Balaban J connectivity index is 2.56. The number of aliphatic carboxylic acids is 1. The summed E-state index contributed by atoms with van der Waals surface area (Å²) >= 11 is 11.8. The zero-order valence-corrected chi connectivity index (χ0v) is 15.3. The van der Waals surface area contributed by atoms with Gasteiger partial charge in [0, 0.05) is 18.1 Å². The molecule has 1 aromatic rings. The van der Waals surface area contributed by atoms with Crippen LogP contribution >= 0.6 is 23.2 Å². The van der Waals surface area contributed by atoms with E-state index in [1.165, 1.54) is 6.07 Å². The van der Waals surface area contributed by atoms with Crippen LogP contribution in [0.3, 0.4) is 0 Å². The van der Waals surface area contributed by atoms with Gasteiger partial charge in [0.05, 0.1) is 17.1 Å². The van der Waals surface area contributed by atoms with Gasteiger partial charge in [0.1, 0.15) is 6.04 Å². The molecule has 0 bridgehead atoms. The van der Waals surface area contributed by atoms with Crippen molar-refractivity contribution in [1.29, 1.82) is 0 Å². The van der Waals surface area contributed by atoms with Crippen LogP contribution in [0.5, 0.6) is 0 Å². The molecule has 0 saturated carbocycles. The topological polar surface area (TPSA) is 81.7 Å². The Morgan fingerprint density at radius 1 is 1.25 bits per heavy atom. The van der Waals surface area contributed by atoms with Crippen LogP contribution in [0.4, 0.5) is 5.69 Å². The maximum absolute atomic E-state index is 12.1. The SMILES string of the molecule is CCN(CC)CCN[C@H](CC(=O)Nc1cc(Cl)ccc1Cl)C(=O)O. The van der Waals surface area contributed by atoms with E-state index in [-0.39, 0.29) is 6.42 Å². The predicted octanol–water partition coefficient (Wildman–Crippen LogP) is 2.71. The van der Waals surface area contributed by atoms with E-state index in [4.69, 9.17) is 23.2 Å². The third kappa shape index (κ3) is 7.05. The summed E-state index contributed by atoms with van der Waals surface area (Å²) < 4.78 is 0. The van der Waals surface area contributed by atoms with E-state index in [1.54, 1.807) is 12.1 Å². The Labute approximate surface area is 152 Å². The lowest BCUT2D eigenvalue weighted by Gasteiger charge is -2.20. The monoisotopic (exact) mass is 375 g/mol. The number of halogens is 2. The molecule has 0 aliphatic heterocycles. The van der Waals surface area contributed by atoms with E-state index in [0.717, 1.165) is 19.6 Å². The lowest BCUT2D eigenvalue weighted by Crippen LogP contribution is -2.43. The molecule has 6 nitrogen and oxygen atoms in total. The van der Waals surface area contributed by atoms with E-state index < -0.39 is 17.9 Å². The summed E-state index contributed by atoms with van der Waals surface area (Å²) in [5.41, 5.74) is 0.362. The van der Waals surface area contributed by atoms with Crippen LogP contribution in [0.2, 0.25) is 10.0 Å². The molecule has 3 N–H and O–H groups in total. The minimum absolute atomic E-state index is 0.198. The second-order valence-corrected chi connectivity index (χ2v) is 6.09. The van der Waals surface area contributed by atoms with E-state index >= 15 is 0 Å². The van der Waals surface area contributed by atoms with Crippen LogP contribution in [0, 0.1) is 0 Å². The minimum atomic E-state index is -1.07. The number of carbonyl (C=O) groups is 2. The summed E-state index contributed by atoms with van der Waals surface area (Å²) in [5, 5.41) is 15.5. The summed E-state index contributed by atoms with van der Waals surface area (Å²) in [5.74, 6) is -1.51. The van der Waals surface area contributed by atoms with Crippen molar-refractivity contribution in [3.8, 4) is 0 Å². The highest BCUT2D eigenvalue weighted by Gasteiger charge is 2.21. The van der Waals surface area contributed by atoms with Crippen molar-refractivity contribution in [3.63, 3.8) is 0 Å². The normalized spacial score (nSPS) is 12.2. The van der Waals surface area contributed by atoms with E-state index in [0.29, 0.717) is 22.3 Å². The number of carboxylic acids is 1. The van der Waals surface area contributed by atoms with Crippen LogP contribution in [0.15, 0.2) is 18.2 Å². The number of benzene rings is 1. The fourth-order valence-electron chi connectivity index (χ4n) is 2.16. The second kappa shape index (κ2) is 10.5. The number of anilines is 1. The number of carboxylic acid groups (broad SMARTS) is 1. The van der Waals surface area contributed by atoms with Gasteiger partial charge < -0.3 is 20.6 Å². The van der Waals surface area contributed by atoms with Crippen molar-refractivity contribution in [2.45, 2.75) is 26.3 Å². The van der Waals surface area contributed by atoms with Crippen molar-refractivity contribution in [1.82, 2.24) is 10.2 Å². The second-order valence-electron chi connectivity index (χ2n) is 5.25. The maximum atomic E-state index is 12.1. The fourth-order valence-corrected chi connectivity index (χ4v) is 2.50. The molecule has 0 unspecified atom stereocenters. The van der Waals surface area contributed by atoms with Crippen LogP contribution in [0.1, 0.15) is 20.3 Å². The molecule has 0 saturated heterocycles. The Kier molecular flexibility index (Phi) is 9.07. The van der Waals surface area contributed by atoms with Gasteiger partial charge in [0.2, 0.25) is 5.91 Å². The summed E-state index contributed by atoms with van der Waals surface area (Å²) in [6.07, 6.45) is -0.198. The molecule has 1 rings (SSSR count). The molecular formula is C16H23Cl2N3O3. The van der Waals surface area contributed by atoms with Gasteiger partial charge in [-0.3, -0.25) is 9.59 Å². The highest BCUT2D eigenvalue weighted by molar-refractivity contribution is 6.35. The smallest absolute Gasteiger partial charge is 0.321 e. The third-order valence-electron chi connectivity index (χ3n) is 3.60. The number of amides is 1. The first-order chi connectivity index (χ1) is 11.4. The molecule has 0 aromatic heterocycles. The molecule has 1 atom stereocenters. The van der Waals surface area contributed by atoms with Crippen molar-refractivity contribution in [2.75, 3.05) is 31.5 Å². The number of hydrogen-bond donors (Lipinski definition) is 3. The van der Waals surface area contributed by atoms with E-state index in [2.05, 4.69) is 15.5 Å². The van der Waals surface area contributed by atoms with Crippen LogP contribution < -0.4 is 10.6 Å². The van der Waals surface area contributed by atoms with Gasteiger partial charge in [-0.1, -0.05) is 37.0 Å². The molecule has 0 fully saturated rings. The lowest BCUT2D eigenvalue weighted by molar-refractivity contribution is -0.141. The number of carbonyl (C=O) groups excluding carboxylic acids is 1. The molecule has 1 amide bonds. The molecule has 24 heavy (non-hydrogen) atoms. The molecule has 0 heterocycles. The van der Waals surface area contributed by atoms with Crippen molar-refractivity contribution in [2.24, 2.45) is 0 Å². The van der Waals surface area contributed by atoms with Gasteiger partial charge in [0.25, 0.3) is 0 Å². The van der Waals surface area contributed by atoms with E-state index in [9.17, 15) is 14.7 Å². The minimum Gasteiger partial charge on any atom is -0.480 e. The van der Waals surface area contributed by atoms with Gasteiger partial charge in [-0.05, 0) is 31.3 Å². The molecular weight excluding hydrogens is 353 g/mol. The van der Waals surface area contributed by atoms with Gasteiger partial charge in [-0.2, -0.15) is 0 Å². The zero-order valence-electron chi connectivity index (χ0n) is 13.8. The standard InChI is InChI=1S/C16H23Cl2N3O3/c1-3-21(4-2)8-7-19-14(16(23)24)10-15(22)20-13-9-11(17)5-6-12(13)18/h5-6,9,14,19H,3-4,7-8,10H2,1-2H3,(H,20,22)(H,23,24)/t14-/m1/s1. The Morgan fingerprint density at radius 2 is 1.92 bits per heavy atom. The van der Waals surface area contributed by atoms with Crippen LogP contribution in [-0.2, 0) is 9.59 Å². The van der Waals surface area contributed by atoms with E-state index in [1.807, 2.05) is 13.8 Å². The highest BCUT2D eigenvalue weighted by Crippen LogP contribution is 2.25. The van der Waals surface area contributed by atoms with Gasteiger partial charge in [-0.15, -0.1) is 0 Å². The van der Waals surface area contributed by atoms with Crippen molar-refractivity contribution < 1.29 is 14.7 Å². The van der Waals surface area contributed by atoms with Crippen molar-refractivity contribution >= 4 is 40.8 Å². The molecule has 0 aliphatic rings. The maximum Gasteiger partial charge on any atom is 0.321 e. The van der Waals surface area contributed by atoms with Crippen molar-refractivity contribution in [3.05, 3.63) is 28.2 Å². The van der Waals surface area contributed by atoms with Crippen LogP contribution in [-0.4, -0.2) is 54.1 Å². The zero-order chi connectivity index (χ0) is 18.1. The fraction of sp³-hybridized carbons (Fsp3) is 0.500. The Hall–Kier alpha value is -1.34. The highest BCUT2D eigenvalue weighted by atomic mass is 35.5. The molecule has 8 heteroatoms. The largest absolute Gasteiger partial charge is 0.480 e. The number of nitrogens with one attached hydrogen (secondary N) is 2. The number of hydrogen-bond acceptors (Lipinski definition) is 4. The molecule has 0 radical (unpaired) electrons. The average molecular weight is 376 g/mol. The average Bonchev–Trinajstić information content (AvgIpc) is 2.53. The number of nitrogens with zero attached hydrogens (tertiary/aromatic N) is 1. The quantitative estimate of drug-likeness (QED) is 0.585. The third-order valence-corrected chi connectivity index (χ3v) is 4.17. The molecule has 0 aliphatic carbocycles. The first-order valence-corrected chi connectivity index (χ1v) is 8.56. The van der Waals surface area contributed by atoms with Crippen LogP contribution in [0.25, 0.3) is 0 Å². The number of likely N-dealkylation sites (N-methyl/N-ethyl adjacent to an activating group) is 1. The lowest BCUT2D eigenvalue weighted by atomic mass is 10.2. The summed E-state index contributed by atoms with van der Waals surface area (Å²) in [7, 11) is 0. The first kappa shape index (κ1) is 20.7. The summed E-state index contributed by atoms with van der Waals surface area (Å²) in [6.45, 7) is 7.08. The summed E-state index contributed by atoms with van der Waals surface area (Å²) in [4.78, 5) is 25.6. The Morgan fingerprint density at radius 3 is 2.50 bits per heavy atom. The van der Waals surface area contributed by atoms with Gasteiger partial charge >= 0.3 is 5.97 Å². The van der Waals surface area contributed by atoms with Gasteiger partial charge in [-0.25, -0.2) is 0 Å². The molecule has 134 valence electrons. The first-order valence-electron chi connectivity index (χ1n) is 7.80. The predicted molar refractivity (Wildman–Crippen MR) is 96.9 cm³/mol. The Bertz CT molecular complexity index is 565. The van der Waals surface area contributed by atoms with Gasteiger partial charge in [0.15, 0.2) is 0 Å². The summed E-state index contributed by atoms with van der Waals surface area (Å²) in [6, 6.07) is 3.73.